The molecule has 0 bridgehead atoms. The molecule has 144 valence electrons. The number of hydrogen-bond acceptors (Lipinski definition) is 2. The highest BCUT2D eigenvalue weighted by Crippen LogP contribution is 2.41. The van der Waals surface area contributed by atoms with Gasteiger partial charge in [-0.05, 0) is 66.6 Å². The van der Waals surface area contributed by atoms with Gasteiger partial charge in [-0.2, -0.15) is 8.78 Å². The van der Waals surface area contributed by atoms with Crippen molar-refractivity contribution in [2.45, 2.75) is 44.3 Å². The van der Waals surface area contributed by atoms with E-state index in [1.165, 1.54) is 43.5 Å². The van der Waals surface area contributed by atoms with E-state index in [1.807, 2.05) is 0 Å². The van der Waals surface area contributed by atoms with E-state index < -0.39 is 11.9 Å². The molecule has 0 radical (unpaired) electrons. The van der Waals surface area contributed by atoms with Crippen molar-refractivity contribution in [2.75, 3.05) is 6.61 Å². The average Bonchev–Trinajstić information content (AvgIpc) is 2.63. The zero-order chi connectivity index (χ0) is 18.9. The number of ether oxygens (including phenoxy) is 2. The molecular weight excluding hydrogens is 353 g/mol. The monoisotopic (exact) mass is 376 g/mol. The van der Waals surface area contributed by atoms with Crippen molar-refractivity contribution in [2.24, 2.45) is 11.8 Å². The lowest BCUT2D eigenvalue weighted by Gasteiger charge is -2.38. The quantitative estimate of drug-likeness (QED) is 0.617. The Bertz CT molecular complexity index is 746. The number of benzene rings is 2. The van der Waals surface area contributed by atoms with E-state index in [-0.39, 0.29) is 17.4 Å². The van der Waals surface area contributed by atoms with E-state index >= 15 is 0 Å². The Kier molecular flexibility index (Phi) is 5.13. The third-order valence-electron chi connectivity index (χ3n) is 5.81. The van der Waals surface area contributed by atoms with E-state index in [0.717, 1.165) is 43.1 Å². The first-order valence-electron chi connectivity index (χ1n) is 9.56. The normalized spacial score (nSPS) is 23.7. The van der Waals surface area contributed by atoms with Crippen LogP contribution in [0.25, 0.3) is 0 Å². The van der Waals surface area contributed by atoms with Gasteiger partial charge in [0.2, 0.25) is 0 Å². The third kappa shape index (κ3) is 4.13. The Morgan fingerprint density at radius 3 is 2.11 bits per heavy atom. The molecule has 1 aliphatic heterocycles. The summed E-state index contributed by atoms with van der Waals surface area (Å²) in [6.45, 7) is 0.765. The Morgan fingerprint density at radius 2 is 1.56 bits per heavy atom. The third-order valence-corrected chi connectivity index (χ3v) is 5.81. The van der Waals surface area contributed by atoms with Gasteiger partial charge in [-0.25, -0.2) is 4.39 Å². The molecule has 2 atom stereocenters. The predicted octanol–water partition coefficient (Wildman–Crippen LogP) is 6.22. The summed E-state index contributed by atoms with van der Waals surface area (Å²) >= 11 is 0. The van der Waals surface area contributed by atoms with Crippen molar-refractivity contribution in [1.29, 1.82) is 0 Å². The van der Waals surface area contributed by atoms with Gasteiger partial charge in [0.05, 0.1) is 18.3 Å². The molecule has 1 saturated heterocycles. The summed E-state index contributed by atoms with van der Waals surface area (Å²) in [6, 6.07) is 10.7. The number of rotatable bonds is 5. The van der Waals surface area contributed by atoms with Crippen LogP contribution in [-0.2, 0) is 10.8 Å². The Morgan fingerprint density at radius 1 is 0.852 bits per heavy atom. The summed E-state index contributed by atoms with van der Waals surface area (Å²) in [5.74, 6) is 0.892. The number of hydrogen-bond donors (Lipinski definition) is 0. The number of alkyl halides is 2. The van der Waals surface area contributed by atoms with Crippen LogP contribution >= 0.6 is 0 Å². The van der Waals surface area contributed by atoms with Crippen LogP contribution in [0.1, 0.15) is 49.3 Å². The minimum Gasteiger partial charge on any atom is -0.429 e. The molecule has 0 spiro atoms. The highest BCUT2D eigenvalue weighted by molar-refractivity contribution is 5.29. The van der Waals surface area contributed by atoms with Gasteiger partial charge in [-0.1, -0.05) is 31.4 Å². The smallest absolute Gasteiger partial charge is 0.426 e. The molecule has 1 aliphatic carbocycles. The van der Waals surface area contributed by atoms with Gasteiger partial charge in [-0.3, -0.25) is 0 Å². The second-order valence-electron chi connectivity index (χ2n) is 7.55. The summed E-state index contributed by atoms with van der Waals surface area (Å²) in [6.07, 6.45) is 2.53. The maximum Gasteiger partial charge on any atom is 0.426 e. The Balaban J connectivity index is 1.38. The fourth-order valence-electron chi connectivity index (χ4n) is 3.92. The van der Waals surface area contributed by atoms with Gasteiger partial charge in [0.25, 0.3) is 0 Å². The summed E-state index contributed by atoms with van der Waals surface area (Å²) in [4.78, 5) is 0. The van der Waals surface area contributed by atoms with Crippen molar-refractivity contribution >= 4 is 0 Å². The minimum atomic E-state index is -3.49. The van der Waals surface area contributed by atoms with E-state index in [1.54, 1.807) is 12.1 Å². The lowest BCUT2D eigenvalue weighted by molar-refractivity contribution is -0.185. The first-order chi connectivity index (χ1) is 13.0. The molecule has 1 heterocycles. The van der Waals surface area contributed by atoms with E-state index in [4.69, 9.17) is 9.47 Å². The second-order valence-corrected chi connectivity index (χ2v) is 7.55. The van der Waals surface area contributed by atoms with Crippen LogP contribution in [0.5, 0.6) is 5.75 Å². The van der Waals surface area contributed by atoms with Crippen molar-refractivity contribution in [1.82, 2.24) is 0 Å². The zero-order valence-electron chi connectivity index (χ0n) is 15.0. The second kappa shape index (κ2) is 7.55. The van der Waals surface area contributed by atoms with E-state index in [2.05, 4.69) is 0 Å². The molecule has 27 heavy (non-hydrogen) atoms. The van der Waals surface area contributed by atoms with E-state index in [9.17, 15) is 13.2 Å². The summed E-state index contributed by atoms with van der Waals surface area (Å²) in [7, 11) is 0. The molecule has 0 amide bonds. The molecule has 2 nitrogen and oxygen atoms in total. The van der Waals surface area contributed by atoms with Gasteiger partial charge in [0, 0.05) is 0 Å². The highest BCUT2D eigenvalue weighted by atomic mass is 19.3. The molecule has 5 heteroatoms. The molecule has 2 aromatic carbocycles. The molecule has 0 aromatic heterocycles. The minimum absolute atomic E-state index is 0.0259. The SMILES string of the molecule is Fc1ccc(OC(F)(F)c2ccc(C3CCC(C4CCC4)CO3)cc2)cc1. The van der Waals surface area contributed by atoms with Crippen molar-refractivity contribution in [3.63, 3.8) is 0 Å². The van der Waals surface area contributed by atoms with Gasteiger partial charge < -0.3 is 9.47 Å². The molecule has 2 aliphatic rings. The van der Waals surface area contributed by atoms with Crippen LogP contribution in [0.3, 0.4) is 0 Å². The summed E-state index contributed by atoms with van der Waals surface area (Å²) < 4.78 is 52.4. The van der Waals surface area contributed by atoms with Crippen LogP contribution in [0, 0.1) is 17.7 Å². The lowest BCUT2D eigenvalue weighted by Crippen LogP contribution is -2.30. The zero-order valence-corrected chi connectivity index (χ0v) is 15.0. The molecule has 0 N–H and O–H groups in total. The van der Waals surface area contributed by atoms with Crippen molar-refractivity contribution < 1.29 is 22.6 Å². The van der Waals surface area contributed by atoms with Gasteiger partial charge >= 0.3 is 6.11 Å². The van der Waals surface area contributed by atoms with Crippen LogP contribution in [0.4, 0.5) is 13.2 Å². The van der Waals surface area contributed by atoms with Gasteiger partial charge in [0.15, 0.2) is 0 Å². The summed E-state index contributed by atoms with van der Waals surface area (Å²) in [5.41, 5.74) is 0.683. The largest absolute Gasteiger partial charge is 0.429 e. The molecular formula is C22H23F3O2. The van der Waals surface area contributed by atoms with Crippen LogP contribution in [-0.4, -0.2) is 6.61 Å². The number of halogens is 3. The van der Waals surface area contributed by atoms with Crippen molar-refractivity contribution in [3.8, 4) is 5.75 Å². The molecule has 2 unspecified atom stereocenters. The summed E-state index contributed by atoms with van der Waals surface area (Å²) in [5, 5.41) is 0. The van der Waals surface area contributed by atoms with Crippen molar-refractivity contribution in [3.05, 3.63) is 65.5 Å². The van der Waals surface area contributed by atoms with E-state index in [0.29, 0.717) is 5.92 Å². The molecule has 2 aromatic rings. The first kappa shape index (κ1) is 18.4. The lowest BCUT2D eigenvalue weighted by atomic mass is 9.73. The maximum absolute atomic E-state index is 14.4. The fourth-order valence-corrected chi connectivity index (χ4v) is 3.92. The Labute approximate surface area is 157 Å². The maximum atomic E-state index is 14.4. The molecule has 4 rings (SSSR count). The van der Waals surface area contributed by atoms with Crippen LogP contribution in [0.15, 0.2) is 48.5 Å². The van der Waals surface area contributed by atoms with Gasteiger partial charge in [0.1, 0.15) is 11.6 Å². The fraction of sp³-hybridized carbons (Fsp3) is 0.455. The predicted molar refractivity (Wildman–Crippen MR) is 96.1 cm³/mol. The standard InChI is InChI=1S/C22H23F3O2/c23-19-9-11-20(12-10-19)27-22(24,25)18-7-4-16(5-8-18)21-13-6-17(14-26-21)15-2-1-3-15/h4-5,7-12,15,17,21H,1-3,6,13-14H2. The molecule has 1 saturated carbocycles. The van der Waals surface area contributed by atoms with Crippen LogP contribution in [0.2, 0.25) is 0 Å². The molecule has 2 fully saturated rings. The van der Waals surface area contributed by atoms with Crippen LogP contribution < -0.4 is 4.74 Å². The highest BCUT2D eigenvalue weighted by Gasteiger charge is 2.35. The first-order valence-corrected chi connectivity index (χ1v) is 9.56. The topological polar surface area (TPSA) is 18.5 Å². The Hall–Kier alpha value is -2.01. The van der Waals surface area contributed by atoms with Gasteiger partial charge in [-0.15, -0.1) is 0 Å². The average molecular weight is 376 g/mol.